The molecular weight excluding hydrogens is 352 g/mol. The highest BCUT2D eigenvalue weighted by molar-refractivity contribution is 9.12. The predicted octanol–water partition coefficient (Wildman–Crippen LogP) is 4.60. The Labute approximate surface area is 147 Å². The van der Waals surface area contributed by atoms with E-state index >= 15 is 0 Å². The second-order valence-electron chi connectivity index (χ2n) is 9.53. The van der Waals surface area contributed by atoms with Crippen molar-refractivity contribution in [2.24, 2.45) is 34.0 Å². The fraction of sp³-hybridized carbons (Fsp3) is 0.850. The summed E-state index contributed by atoms with van der Waals surface area (Å²) in [4.78, 5) is 12.2. The van der Waals surface area contributed by atoms with E-state index in [4.69, 9.17) is 0 Å². The van der Waals surface area contributed by atoms with Gasteiger partial charge in [0.05, 0.1) is 10.6 Å². The lowest BCUT2D eigenvalue weighted by molar-refractivity contribution is -0.120. The Morgan fingerprint density at radius 2 is 1.91 bits per heavy atom. The van der Waals surface area contributed by atoms with Gasteiger partial charge in [-0.3, -0.25) is 4.79 Å². The van der Waals surface area contributed by atoms with Gasteiger partial charge < -0.3 is 5.11 Å². The van der Waals surface area contributed by atoms with Gasteiger partial charge in [-0.15, -0.1) is 0 Å². The molecule has 126 valence electrons. The molecular formula is C20H27BrO2. The molecule has 2 unspecified atom stereocenters. The zero-order valence-corrected chi connectivity index (χ0v) is 15.8. The molecule has 0 aromatic carbocycles. The van der Waals surface area contributed by atoms with Gasteiger partial charge in [0, 0.05) is 6.42 Å². The van der Waals surface area contributed by atoms with E-state index in [-0.39, 0.29) is 16.9 Å². The highest BCUT2D eigenvalue weighted by Crippen LogP contribution is 2.82. The molecule has 7 atom stereocenters. The van der Waals surface area contributed by atoms with Crippen LogP contribution >= 0.6 is 15.9 Å². The zero-order chi connectivity index (χ0) is 16.2. The highest BCUT2D eigenvalue weighted by Gasteiger charge is 2.77. The first-order valence-electron chi connectivity index (χ1n) is 9.45. The van der Waals surface area contributed by atoms with Gasteiger partial charge in [-0.25, -0.2) is 0 Å². The lowest BCUT2D eigenvalue weighted by atomic mass is 9.45. The molecule has 0 aromatic heterocycles. The van der Waals surface area contributed by atoms with Gasteiger partial charge >= 0.3 is 0 Å². The standard InChI is InChI=1S/C20H27BrO2/c1-18-7-6-15(22)17(21)14(18)4-3-13-12(18)5-8-19(2)16(23)9-11-10-20(11,13)19/h11-13,16,23H,3-10H2,1-2H3/t11-,12?,13?,16+,18-,19-,20+/m1/s1. The van der Waals surface area contributed by atoms with Crippen LogP contribution in [0.1, 0.15) is 65.2 Å². The quantitative estimate of drug-likeness (QED) is 0.668. The number of fused-ring (bicyclic) bond motifs is 3. The second kappa shape index (κ2) is 4.33. The molecule has 2 nitrogen and oxygen atoms in total. The van der Waals surface area contributed by atoms with Gasteiger partial charge in [-0.2, -0.15) is 0 Å². The van der Waals surface area contributed by atoms with E-state index < -0.39 is 0 Å². The van der Waals surface area contributed by atoms with Crippen molar-refractivity contribution in [2.45, 2.75) is 71.3 Å². The third-order valence-electron chi connectivity index (χ3n) is 9.18. The minimum absolute atomic E-state index is 0.0772. The van der Waals surface area contributed by atoms with Crippen LogP contribution in [-0.2, 0) is 4.79 Å². The third-order valence-corrected chi connectivity index (χ3v) is 10.1. The molecule has 1 N–H and O–H groups in total. The first kappa shape index (κ1) is 15.1. The predicted molar refractivity (Wildman–Crippen MR) is 93.0 cm³/mol. The van der Waals surface area contributed by atoms with Gasteiger partial charge in [-0.05, 0) is 100 Å². The van der Waals surface area contributed by atoms with Crippen molar-refractivity contribution in [3.63, 3.8) is 0 Å². The lowest BCUT2D eigenvalue weighted by Gasteiger charge is -2.59. The molecule has 23 heavy (non-hydrogen) atoms. The van der Waals surface area contributed by atoms with Crippen LogP contribution in [0.2, 0.25) is 0 Å². The van der Waals surface area contributed by atoms with E-state index in [0.29, 0.717) is 17.6 Å². The van der Waals surface area contributed by atoms with Crippen molar-refractivity contribution in [3.05, 3.63) is 10.1 Å². The summed E-state index contributed by atoms with van der Waals surface area (Å²) >= 11 is 3.64. The van der Waals surface area contributed by atoms with Gasteiger partial charge in [0.15, 0.2) is 5.78 Å². The maximum Gasteiger partial charge on any atom is 0.169 e. The van der Waals surface area contributed by atoms with Crippen molar-refractivity contribution >= 4 is 21.7 Å². The van der Waals surface area contributed by atoms with Crippen molar-refractivity contribution in [1.82, 2.24) is 0 Å². The number of rotatable bonds is 0. The summed E-state index contributed by atoms with van der Waals surface area (Å²) in [6, 6.07) is 0. The van der Waals surface area contributed by atoms with Crippen LogP contribution in [0, 0.1) is 34.0 Å². The molecule has 0 aliphatic heterocycles. The monoisotopic (exact) mass is 378 g/mol. The summed E-state index contributed by atoms with van der Waals surface area (Å²) in [6.07, 6.45) is 8.81. The van der Waals surface area contributed by atoms with Gasteiger partial charge in [-0.1, -0.05) is 13.8 Å². The van der Waals surface area contributed by atoms with Crippen LogP contribution in [0.25, 0.3) is 0 Å². The Kier molecular flexibility index (Phi) is 2.85. The van der Waals surface area contributed by atoms with Crippen LogP contribution < -0.4 is 0 Å². The smallest absolute Gasteiger partial charge is 0.169 e. The first-order chi connectivity index (χ1) is 10.8. The summed E-state index contributed by atoms with van der Waals surface area (Å²) in [6.45, 7) is 4.82. The van der Waals surface area contributed by atoms with Crippen molar-refractivity contribution < 1.29 is 9.90 Å². The van der Waals surface area contributed by atoms with Gasteiger partial charge in [0.2, 0.25) is 0 Å². The number of Topliss-reactive ketones (excluding diaryl/α,β-unsaturated/α-hetero) is 1. The summed E-state index contributed by atoms with van der Waals surface area (Å²) in [7, 11) is 0. The molecule has 0 aromatic rings. The molecule has 0 heterocycles. The molecule has 3 heteroatoms. The third kappa shape index (κ3) is 1.54. The number of allylic oxidation sites excluding steroid dienone is 1. The van der Waals surface area contributed by atoms with Gasteiger partial charge in [0.25, 0.3) is 0 Å². The number of carbonyl (C=O) groups is 1. The summed E-state index contributed by atoms with van der Waals surface area (Å²) < 4.78 is 0.911. The normalized spacial score (nSPS) is 57.5. The van der Waals surface area contributed by atoms with Crippen LogP contribution in [0.15, 0.2) is 10.1 Å². The molecule has 5 aliphatic rings. The van der Waals surface area contributed by atoms with E-state index in [2.05, 4.69) is 29.8 Å². The zero-order valence-electron chi connectivity index (χ0n) is 14.2. The molecule has 0 radical (unpaired) electrons. The van der Waals surface area contributed by atoms with E-state index in [1.165, 1.54) is 31.3 Å². The van der Waals surface area contributed by atoms with E-state index in [1.807, 2.05) is 0 Å². The number of ketones is 1. The van der Waals surface area contributed by atoms with Crippen molar-refractivity contribution in [1.29, 1.82) is 0 Å². The molecule has 4 saturated carbocycles. The van der Waals surface area contributed by atoms with Crippen LogP contribution in [0.5, 0.6) is 0 Å². The van der Waals surface area contributed by atoms with Crippen LogP contribution in [0.4, 0.5) is 0 Å². The number of hydrogen-bond acceptors (Lipinski definition) is 2. The molecule has 0 saturated heterocycles. The minimum Gasteiger partial charge on any atom is -0.393 e. The van der Waals surface area contributed by atoms with Crippen LogP contribution in [0.3, 0.4) is 0 Å². The number of aliphatic hydroxyl groups is 1. The average Bonchev–Trinajstić information content (AvgIpc) is 3.17. The SMILES string of the molecule is C[C@]12CCC(=O)C(Br)=C1CCC1C2CC[C@]2(C)[C@@H](O)C[C@@H]3C[C@@]132. The fourth-order valence-electron chi connectivity index (χ4n) is 7.85. The molecule has 0 bridgehead atoms. The van der Waals surface area contributed by atoms with Gasteiger partial charge in [0.1, 0.15) is 0 Å². The maximum absolute atomic E-state index is 12.2. The molecule has 4 fully saturated rings. The molecule has 5 rings (SSSR count). The minimum atomic E-state index is -0.0772. The summed E-state index contributed by atoms with van der Waals surface area (Å²) in [5, 5.41) is 10.7. The molecule has 5 aliphatic carbocycles. The maximum atomic E-state index is 12.2. The molecule has 0 amide bonds. The van der Waals surface area contributed by atoms with E-state index in [9.17, 15) is 9.90 Å². The molecule has 1 spiro atoms. The number of halogens is 1. The largest absolute Gasteiger partial charge is 0.393 e. The summed E-state index contributed by atoms with van der Waals surface area (Å²) in [5.74, 6) is 2.58. The lowest BCUT2D eigenvalue weighted by Crippen LogP contribution is -2.53. The summed E-state index contributed by atoms with van der Waals surface area (Å²) in [5.41, 5.74) is 2.23. The fourth-order valence-corrected chi connectivity index (χ4v) is 8.70. The topological polar surface area (TPSA) is 37.3 Å². The first-order valence-corrected chi connectivity index (χ1v) is 10.2. The van der Waals surface area contributed by atoms with Crippen LogP contribution in [-0.4, -0.2) is 17.0 Å². The number of hydrogen-bond donors (Lipinski definition) is 1. The van der Waals surface area contributed by atoms with Crippen molar-refractivity contribution in [3.8, 4) is 0 Å². The van der Waals surface area contributed by atoms with E-state index in [1.54, 1.807) is 0 Å². The number of carbonyl (C=O) groups excluding carboxylic acids is 1. The Morgan fingerprint density at radius 1 is 1.13 bits per heavy atom. The number of aliphatic hydroxyl groups excluding tert-OH is 1. The Bertz CT molecular complexity index is 640. The Hall–Kier alpha value is -0.150. The van der Waals surface area contributed by atoms with E-state index in [0.717, 1.165) is 41.5 Å². The average molecular weight is 379 g/mol. The Morgan fingerprint density at radius 3 is 2.70 bits per heavy atom. The van der Waals surface area contributed by atoms with Crippen molar-refractivity contribution in [2.75, 3.05) is 0 Å². The second-order valence-corrected chi connectivity index (χ2v) is 10.3. The Balaban J connectivity index is 1.59. The highest BCUT2D eigenvalue weighted by atomic mass is 79.9.